The van der Waals surface area contributed by atoms with Crippen molar-refractivity contribution in [2.24, 2.45) is 0 Å². The maximum Gasteiger partial charge on any atom is 0.225 e. The molecule has 2 aromatic rings. The molecule has 110 valence electrons. The Kier molecular flexibility index (Phi) is 5.32. The molecule has 0 saturated heterocycles. The van der Waals surface area contributed by atoms with Gasteiger partial charge < -0.3 is 10.1 Å². The highest BCUT2D eigenvalue weighted by Crippen LogP contribution is 2.13. The number of amides is 1. The van der Waals surface area contributed by atoms with Gasteiger partial charge in [0.1, 0.15) is 11.6 Å². The highest BCUT2D eigenvalue weighted by molar-refractivity contribution is 5.89. The van der Waals surface area contributed by atoms with Crippen LogP contribution >= 0.6 is 0 Å². The maximum atomic E-state index is 11.9. The molecule has 0 aliphatic rings. The number of hydrogen-bond donors (Lipinski definition) is 1. The van der Waals surface area contributed by atoms with Crippen LogP contribution in [0.5, 0.6) is 5.75 Å². The lowest BCUT2D eigenvalue weighted by molar-refractivity contribution is -0.116. The topological polar surface area (TPSA) is 51.2 Å². The summed E-state index contributed by atoms with van der Waals surface area (Å²) in [4.78, 5) is 16.0. The molecule has 0 saturated carbocycles. The lowest BCUT2D eigenvalue weighted by Crippen LogP contribution is -2.13. The van der Waals surface area contributed by atoms with Crippen LogP contribution in [0.1, 0.15) is 24.5 Å². The number of nitrogens with zero attached hydrogens (tertiary/aromatic N) is 1. The van der Waals surface area contributed by atoms with Crippen LogP contribution in [0, 0.1) is 6.92 Å². The SMILES string of the molecule is CCOc1ccc(CCC(=O)Nc2cc(C)ccn2)cc1. The Morgan fingerprint density at radius 2 is 2.00 bits per heavy atom. The van der Waals surface area contributed by atoms with Gasteiger partial charge in [0.15, 0.2) is 0 Å². The quantitative estimate of drug-likeness (QED) is 0.885. The van der Waals surface area contributed by atoms with E-state index in [2.05, 4.69) is 10.3 Å². The van der Waals surface area contributed by atoms with E-state index in [1.54, 1.807) is 6.20 Å². The zero-order valence-corrected chi connectivity index (χ0v) is 12.4. The van der Waals surface area contributed by atoms with Gasteiger partial charge in [-0.05, 0) is 55.7 Å². The number of aryl methyl sites for hydroxylation is 2. The van der Waals surface area contributed by atoms with Gasteiger partial charge in [0.2, 0.25) is 5.91 Å². The lowest BCUT2D eigenvalue weighted by Gasteiger charge is -2.06. The van der Waals surface area contributed by atoms with E-state index in [9.17, 15) is 4.79 Å². The predicted molar refractivity (Wildman–Crippen MR) is 83.5 cm³/mol. The van der Waals surface area contributed by atoms with Gasteiger partial charge in [0, 0.05) is 12.6 Å². The Labute approximate surface area is 125 Å². The summed E-state index contributed by atoms with van der Waals surface area (Å²) in [5.74, 6) is 1.43. The van der Waals surface area contributed by atoms with Gasteiger partial charge in [0.25, 0.3) is 0 Å². The highest BCUT2D eigenvalue weighted by atomic mass is 16.5. The molecular weight excluding hydrogens is 264 g/mol. The molecule has 0 spiro atoms. The first-order valence-electron chi connectivity index (χ1n) is 7.11. The largest absolute Gasteiger partial charge is 0.494 e. The summed E-state index contributed by atoms with van der Waals surface area (Å²) in [6, 6.07) is 11.6. The third kappa shape index (κ3) is 4.91. The van der Waals surface area contributed by atoms with Crippen LogP contribution in [-0.4, -0.2) is 17.5 Å². The molecule has 1 N–H and O–H groups in total. The van der Waals surface area contributed by atoms with Crippen LogP contribution in [-0.2, 0) is 11.2 Å². The molecule has 0 radical (unpaired) electrons. The minimum atomic E-state index is -0.0259. The van der Waals surface area contributed by atoms with Crippen LogP contribution < -0.4 is 10.1 Å². The number of hydrogen-bond acceptors (Lipinski definition) is 3. The first-order chi connectivity index (χ1) is 10.2. The van der Waals surface area contributed by atoms with E-state index in [1.165, 1.54) is 0 Å². The van der Waals surface area contributed by atoms with Crippen molar-refractivity contribution in [3.8, 4) is 5.75 Å². The molecule has 4 nitrogen and oxygen atoms in total. The predicted octanol–water partition coefficient (Wildman–Crippen LogP) is 3.36. The van der Waals surface area contributed by atoms with Gasteiger partial charge in [-0.2, -0.15) is 0 Å². The van der Waals surface area contributed by atoms with Gasteiger partial charge in [-0.15, -0.1) is 0 Å². The number of anilines is 1. The van der Waals surface area contributed by atoms with Crippen LogP contribution in [0.2, 0.25) is 0 Å². The van der Waals surface area contributed by atoms with Crippen molar-refractivity contribution in [2.45, 2.75) is 26.7 Å². The molecule has 0 atom stereocenters. The molecule has 0 aliphatic carbocycles. The summed E-state index contributed by atoms with van der Waals surface area (Å²) in [7, 11) is 0. The summed E-state index contributed by atoms with van der Waals surface area (Å²) in [6.45, 7) is 4.58. The number of benzene rings is 1. The number of rotatable bonds is 6. The van der Waals surface area contributed by atoms with Crippen LogP contribution in [0.15, 0.2) is 42.6 Å². The molecule has 1 aromatic carbocycles. The monoisotopic (exact) mass is 284 g/mol. The average Bonchev–Trinajstić information content (AvgIpc) is 2.47. The second-order valence-electron chi connectivity index (χ2n) is 4.84. The highest BCUT2D eigenvalue weighted by Gasteiger charge is 2.04. The van der Waals surface area contributed by atoms with Crippen molar-refractivity contribution < 1.29 is 9.53 Å². The summed E-state index contributed by atoms with van der Waals surface area (Å²) in [5, 5.41) is 2.81. The minimum Gasteiger partial charge on any atom is -0.494 e. The molecule has 0 fully saturated rings. The second-order valence-corrected chi connectivity index (χ2v) is 4.84. The van der Waals surface area contributed by atoms with Gasteiger partial charge in [0.05, 0.1) is 6.61 Å². The van der Waals surface area contributed by atoms with Gasteiger partial charge in [-0.25, -0.2) is 4.98 Å². The fourth-order valence-corrected chi connectivity index (χ4v) is 1.99. The van der Waals surface area contributed by atoms with E-state index in [0.717, 1.165) is 16.9 Å². The van der Waals surface area contributed by atoms with Crippen molar-refractivity contribution in [3.05, 3.63) is 53.7 Å². The zero-order valence-electron chi connectivity index (χ0n) is 12.4. The van der Waals surface area contributed by atoms with Crippen molar-refractivity contribution in [1.29, 1.82) is 0 Å². The minimum absolute atomic E-state index is 0.0259. The van der Waals surface area contributed by atoms with Crippen LogP contribution in [0.25, 0.3) is 0 Å². The zero-order chi connectivity index (χ0) is 15.1. The molecular formula is C17H20N2O2. The van der Waals surface area contributed by atoms with Crippen LogP contribution in [0.3, 0.4) is 0 Å². The number of nitrogens with one attached hydrogen (secondary N) is 1. The Hall–Kier alpha value is -2.36. The summed E-state index contributed by atoms with van der Waals surface area (Å²) in [5.41, 5.74) is 2.19. The number of carbonyl (C=O) groups excluding carboxylic acids is 1. The molecule has 0 aliphatic heterocycles. The van der Waals surface area contributed by atoms with E-state index in [4.69, 9.17) is 4.74 Å². The van der Waals surface area contributed by atoms with E-state index in [0.29, 0.717) is 25.3 Å². The Balaban J connectivity index is 1.83. The molecule has 0 unspecified atom stereocenters. The first-order valence-corrected chi connectivity index (χ1v) is 7.11. The molecule has 2 rings (SSSR count). The maximum absolute atomic E-state index is 11.9. The number of carbonyl (C=O) groups is 1. The fraction of sp³-hybridized carbons (Fsp3) is 0.294. The Morgan fingerprint density at radius 1 is 1.24 bits per heavy atom. The Morgan fingerprint density at radius 3 is 2.67 bits per heavy atom. The lowest BCUT2D eigenvalue weighted by atomic mass is 10.1. The van der Waals surface area contributed by atoms with E-state index in [-0.39, 0.29) is 5.91 Å². The molecule has 1 heterocycles. The van der Waals surface area contributed by atoms with E-state index >= 15 is 0 Å². The summed E-state index contributed by atoms with van der Waals surface area (Å²) < 4.78 is 5.39. The van der Waals surface area contributed by atoms with Gasteiger partial charge in [-0.1, -0.05) is 12.1 Å². The Bertz CT molecular complexity index is 594. The fourth-order valence-electron chi connectivity index (χ4n) is 1.99. The third-order valence-electron chi connectivity index (χ3n) is 3.06. The van der Waals surface area contributed by atoms with Gasteiger partial charge in [-0.3, -0.25) is 4.79 Å². The van der Waals surface area contributed by atoms with Gasteiger partial charge >= 0.3 is 0 Å². The normalized spacial score (nSPS) is 10.2. The standard InChI is InChI=1S/C17H20N2O2/c1-3-21-15-7-4-14(5-8-15)6-9-17(20)19-16-12-13(2)10-11-18-16/h4-5,7-8,10-12H,3,6,9H2,1-2H3,(H,18,19,20). The smallest absolute Gasteiger partial charge is 0.225 e. The molecule has 1 amide bonds. The average molecular weight is 284 g/mol. The number of pyridine rings is 1. The van der Waals surface area contributed by atoms with Crippen LogP contribution in [0.4, 0.5) is 5.82 Å². The third-order valence-corrected chi connectivity index (χ3v) is 3.06. The van der Waals surface area contributed by atoms with E-state index < -0.39 is 0 Å². The van der Waals surface area contributed by atoms with Crippen molar-refractivity contribution in [1.82, 2.24) is 4.98 Å². The molecule has 4 heteroatoms. The van der Waals surface area contributed by atoms with E-state index in [1.807, 2.05) is 50.2 Å². The summed E-state index contributed by atoms with van der Waals surface area (Å²) >= 11 is 0. The molecule has 0 bridgehead atoms. The molecule has 1 aromatic heterocycles. The number of aromatic nitrogens is 1. The second kappa shape index (κ2) is 7.43. The summed E-state index contributed by atoms with van der Waals surface area (Å²) in [6.07, 6.45) is 2.82. The van der Waals surface area contributed by atoms with Crippen molar-refractivity contribution in [3.63, 3.8) is 0 Å². The van der Waals surface area contributed by atoms with Crippen molar-refractivity contribution >= 4 is 11.7 Å². The first kappa shape index (κ1) is 15.0. The molecule has 21 heavy (non-hydrogen) atoms. The van der Waals surface area contributed by atoms with Crippen molar-refractivity contribution in [2.75, 3.05) is 11.9 Å². The number of ether oxygens (including phenoxy) is 1.